The van der Waals surface area contributed by atoms with Crippen LogP contribution >= 0.6 is 0 Å². The van der Waals surface area contributed by atoms with Crippen LogP contribution in [0.15, 0.2) is 18.5 Å². The standard InChI is InChI=1S/C10H12N4O2/c1-6-5-8(10(15)16)9(12-7(6)2)14-4-3-11-13-14/h3-5,11,13H,1-2H3,(H,15,16). The van der Waals surface area contributed by atoms with Crippen LogP contribution in [0.1, 0.15) is 21.6 Å². The Kier molecular flexibility index (Phi) is 2.49. The van der Waals surface area contributed by atoms with Gasteiger partial charge in [-0.25, -0.2) is 14.8 Å². The van der Waals surface area contributed by atoms with E-state index in [1.54, 1.807) is 18.5 Å². The van der Waals surface area contributed by atoms with Gasteiger partial charge in [0.15, 0.2) is 5.82 Å². The zero-order chi connectivity index (χ0) is 11.7. The molecule has 1 aromatic heterocycles. The van der Waals surface area contributed by atoms with E-state index in [0.717, 1.165) is 11.3 Å². The monoisotopic (exact) mass is 220 g/mol. The highest BCUT2D eigenvalue weighted by Crippen LogP contribution is 2.20. The van der Waals surface area contributed by atoms with Crippen LogP contribution in [-0.2, 0) is 0 Å². The largest absolute Gasteiger partial charge is 0.478 e. The number of aryl methyl sites for hydroxylation is 2. The Morgan fingerprint density at radius 1 is 1.50 bits per heavy atom. The molecule has 1 aliphatic heterocycles. The van der Waals surface area contributed by atoms with Crippen LogP contribution in [0.4, 0.5) is 5.82 Å². The Morgan fingerprint density at radius 2 is 2.25 bits per heavy atom. The maximum atomic E-state index is 11.1. The molecular formula is C10H12N4O2. The first-order chi connectivity index (χ1) is 7.59. The third kappa shape index (κ3) is 1.70. The van der Waals surface area contributed by atoms with Gasteiger partial charge in [-0.1, -0.05) is 0 Å². The van der Waals surface area contributed by atoms with Crippen molar-refractivity contribution < 1.29 is 9.90 Å². The lowest BCUT2D eigenvalue weighted by atomic mass is 10.1. The molecule has 16 heavy (non-hydrogen) atoms. The number of carboxylic acid groups (broad SMARTS) is 1. The summed E-state index contributed by atoms with van der Waals surface area (Å²) in [6, 6.07) is 1.62. The normalized spacial score (nSPS) is 14.0. The summed E-state index contributed by atoms with van der Waals surface area (Å²) >= 11 is 0. The van der Waals surface area contributed by atoms with Crippen LogP contribution < -0.4 is 16.0 Å². The summed E-state index contributed by atoms with van der Waals surface area (Å²) in [5, 5.41) is 10.6. The molecule has 0 radical (unpaired) electrons. The maximum absolute atomic E-state index is 11.1. The first-order valence-corrected chi connectivity index (χ1v) is 4.78. The van der Waals surface area contributed by atoms with Crippen molar-refractivity contribution in [3.05, 3.63) is 35.3 Å². The third-order valence-electron chi connectivity index (χ3n) is 2.40. The third-order valence-corrected chi connectivity index (χ3v) is 2.40. The lowest BCUT2D eigenvalue weighted by Gasteiger charge is -2.17. The number of nitrogens with zero attached hydrogens (tertiary/aromatic N) is 2. The predicted octanol–water partition coefficient (Wildman–Crippen LogP) is 0.697. The van der Waals surface area contributed by atoms with Crippen molar-refractivity contribution in [1.82, 2.24) is 15.9 Å². The van der Waals surface area contributed by atoms with Crippen molar-refractivity contribution >= 4 is 11.8 Å². The fourth-order valence-corrected chi connectivity index (χ4v) is 1.41. The summed E-state index contributed by atoms with van der Waals surface area (Å²) in [6.45, 7) is 3.68. The summed E-state index contributed by atoms with van der Waals surface area (Å²) in [5.74, 6) is -0.621. The lowest BCUT2D eigenvalue weighted by Crippen LogP contribution is -2.37. The van der Waals surface area contributed by atoms with E-state index in [1.165, 1.54) is 5.01 Å². The van der Waals surface area contributed by atoms with Gasteiger partial charge in [-0.05, 0) is 25.5 Å². The van der Waals surface area contributed by atoms with Crippen LogP contribution in [0, 0.1) is 13.8 Å². The van der Waals surface area contributed by atoms with Crippen LogP contribution in [0.2, 0.25) is 0 Å². The van der Waals surface area contributed by atoms with Gasteiger partial charge in [-0.15, -0.1) is 5.53 Å². The number of carboxylic acids is 1. The SMILES string of the molecule is Cc1cc(C(=O)O)c(N2C=CNN2)nc1C. The van der Waals surface area contributed by atoms with E-state index < -0.39 is 5.97 Å². The van der Waals surface area contributed by atoms with Crippen molar-refractivity contribution in [3.8, 4) is 0 Å². The number of nitrogens with one attached hydrogen (secondary N) is 2. The zero-order valence-electron chi connectivity index (χ0n) is 8.98. The van der Waals surface area contributed by atoms with Gasteiger partial charge in [0.05, 0.1) is 0 Å². The number of aromatic nitrogens is 1. The number of hydrogen-bond donors (Lipinski definition) is 3. The summed E-state index contributed by atoms with van der Waals surface area (Å²) in [5.41, 5.74) is 7.33. The van der Waals surface area contributed by atoms with Gasteiger partial charge >= 0.3 is 5.97 Å². The molecule has 0 saturated carbocycles. The molecule has 3 N–H and O–H groups in total. The Morgan fingerprint density at radius 3 is 2.81 bits per heavy atom. The molecule has 0 fully saturated rings. The van der Waals surface area contributed by atoms with E-state index in [-0.39, 0.29) is 5.56 Å². The Bertz CT molecular complexity index is 470. The van der Waals surface area contributed by atoms with Crippen LogP contribution in [0.25, 0.3) is 0 Å². The highest BCUT2D eigenvalue weighted by molar-refractivity contribution is 5.93. The van der Waals surface area contributed by atoms with Gasteiger partial charge < -0.3 is 10.5 Å². The van der Waals surface area contributed by atoms with E-state index in [2.05, 4.69) is 15.9 Å². The van der Waals surface area contributed by atoms with Crippen LogP contribution in [0.5, 0.6) is 0 Å². The lowest BCUT2D eigenvalue weighted by molar-refractivity contribution is 0.0697. The fourth-order valence-electron chi connectivity index (χ4n) is 1.41. The van der Waals surface area contributed by atoms with E-state index >= 15 is 0 Å². The second-order valence-corrected chi connectivity index (χ2v) is 3.51. The van der Waals surface area contributed by atoms with Gasteiger partial charge in [0, 0.05) is 18.1 Å². The smallest absolute Gasteiger partial charge is 0.339 e. The molecule has 6 nitrogen and oxygen atoms in total. The van der Waals surface area contributed by atoms with E-state index in [4.69, 9.17) is 5.11 Å². The fraction of sp³-hybridized carbons (Fsp3) is 0.200. The molecule has 0 unspecified atom stereocenters. The number of rotatable bonds is 2. The highest BCUT2D eigenvalue weighted by atomic mass is 16.4. The van der Waals surface area contributed by atoms with Gasteiger partial charge in [0.1, 0.15) is 5.56 Å². The molecule has 0 spiro atoms. The Labute approximate surface area is 92.5 Å². The van der Waals surface area contributed by atoms with Gasteiger partial charge in [0.2, 0.25) is 0 Å². The van der Waals surface area contributed by atoms with Gasteiger partial charge in [-0.3, -0.25) is 0 Å². The van der Waals surface area contributed by atoms with Gasteiger partial charge in [-0.2, -0.15) is 0 Å². The number of pyridine rings is 1. The number of carbonyl (C=O) groups is 1. The first kappa shape index (κ1) is 10.4. The van der Waals surface area contributed by atoms with Crippen molar-refractivity contribution in [3.63, 3.8) is 0 Å². The van der Waals surface area contributed by atoms with Crippen LogP contribution in [-0.4, -0.2) is 16.1 Å². The minimum absolute atomic E-state index is 0.170. The van der Waals surface area contributed by atoms with E-state index in [1.807, 2.05) is 13.8 Å². The summed E-state index contributed by atoms with van der Waals surface area (Å²) in [7, 11) is 0. The molecule has 1 aromatic rings. The molecule has 6 heteroatoms. The molecular weight excluding hydrogens is 208 g/mol. The quantitative estimate of drug-likeness (QED) is 0.681. The number of aromatic carboxylic acids is 1. The van der Waals surface area contributed by atoms with Crippen molar-refractivity contribution in [1.29, 1.82) is 0 Å². The molecule has 0 saturated heterocycles. The van der Waals surface area contributed by atoms with Gasteiger partial charge in [0.25, 0.3) is 0 Å². The average Bonchev–Trinajstić information content (AvgIpc) is 2.74. The molecule has 0 aliphatic carbocycles. The molecule has 0 amide bonds. The molecule has 0 bridgehead atoms. The minimum atomic E-state index is -0.993. The first-order valence-electron chi connectivity index (χ1n) is 4.78. The minimum Gasteiger partial charge on any atom is -0.478 e. The van der Waals surface area contributed by atoms with E-state index in [9.17, 15) is 4.79 Å². The summed E-state index contributed by atoms with van der Waals surface area (Å²) in [6.07, 6.45) is 3.33. The number of hydrazine groups is 2. The second kappa shape index (κ2) is 3.82. The molecule has 2 heterocycles. The Balaban J connectivity index is 2.53. The molecule has 0 aromatic carbocycles. The number of hydrogen-bond acceptors (Lipinski definition) is 5. The highest BCUT2D eigenvalue weighted by Gasteiger charge is 2.19. The topological polar surface area (TPSA) is 77.5 Å². The molecule has 1 aliphatic rings. The van der Waals surface area contributed by atoms with Crippen molar-refractivity contribution in [2.75, 3.05) is 5.01 Å². The van der Waals surface area contributed by atoms with Crippen molar-refractivity contribution in [2.24, 2.45) is 0 Å². The summed E-state index contributed by atoms with van der Waals surface area (Å²) < 4.78 is 0. The van der Waals surface area contributed by atoms with Crippen molar-refractivity contribution in [2.45, 2.75) is 13.8 Å². The predicted molar refractivity (Wildman–Crippen MR) is 58.6 cm³/mol. The average molecular weight is 220 g/mol. The Hall–Kier alpha value is -2.08. The zero-order valence-corrected chi connectivity index (χ0v) is 8.98. The van der Waals surface area contributed by atoms with E-state index in [0.29, 0.717) is 5.82 Å². The molecule has 2 rings (SSSR count). The maximum Gasteiger partial charge on any atom is 0.339 e. The molecule has 84 valence electrons. The van der Waals surface area contributed by atoms with Crippen LogP contribution in [0.3, 0.4) is 0 Å². The second-order valence-electron chi connectivity index (χ2n) is 3.51. The summed E-state index contributed by atoms with van der Waals surface area (Å²) in [4.78, 5) is 15.4. The molecule has 0 atom stereocenters. The number of anilines is 1.